The van der Waals surface area contributed by atoms with Gasteiger partial charge >= 0.3 is 5.97 Å². The molecule has 160 valence electrons. The Hall–Kier alpha value is -3.17. The van der Waals surface area contributed by atoms with Crippen LogP contribution in [0.4, 0.5) is 0 Å². The van der Waals surface area contributed by atoms with Crippen LogP contribution in [0.15, 0.2) is 40.5 Å². The Morgan fingerprint density at radius 1 is 1.26 bits per heavy atom. The molecule has 9 nitrogen and oxygen atoms in total. The molecule has 1 fully saturated rings. The molecule has 1 aliphatic heterocycles. The smallest absolute Gasteiger partial charge is 0.309 e. The van der Waals surface area contributed by atoms with E-state index in [1.54, 1.807) is 20.8 Å². The number of epoxide rings is 1. The zero-order chi connectivity index (χ0) is 22.4. The second-order valence-electron chi connectivity index (χ2n) is 8.72. The van der Waals surface area contributed by atoms with E-state index in [1.165, 1.54) is 18.2 Å². The molecule has 9 heteroatoms. The summed E-state index contributed by atoms with van der Waals surface area (Å²) in [5.74, 6) is -2.55. The van der Waals surface area contributed by atoms with Gasteiger partial charge in [-0.3, -0.25) is 14.4 Å². The fourth-order valence-corrected chi connectivity index (χ4v) is 4.94. The number of nitrogens with zero attached hydrogens (tertiary/aromatic N) is 1. The lowest BCUT2D eigenvalue weighted by molar-refractivity contribution is -0.503. The topological polar surface area (TPSA) is 150 Å². The summed E-state index contributed by atoms with van der Waals surface area (Å²) in [5, 5.41) is 23.3. The molecule has 0 spiro atoms. The minimum Gasteiger partial charge on any atom is -0.508 e. The second kappa shape index (κ2) is 6.18. The van der Waals surface area contributed by atoms with Crippen LogP contribution in [0.1, 0.15) is 41.5 Å². The van der Waals surface area contributed by atoms with E-state index in [0.717, 1.165) is 0 Å². The number of fused-ring (bicyclic) bond motifs is 3. The molecule has 0 bridgehead atoms. The Morgan fingerprint density at radius 3 is 2.61 bits per heavy atom. The molecule has 1 heterocycles. The average molecular weight is 424 g/mol. The van der Waals surface area contributed by atoms with E-state index >= 15 is 0 Å². The van der Waals surface area contributed by atoms with Gasteiger partial charge in [-0.05, 0) is 13.0 Å². The molecule has 0 aromatic heterocycles. The summed E-state index contributed by atoms with van der Waals surface area (Å²) < 4.78 is 11.4. The van der Waals surface area contributed by atoms with Crippen molar-refractivity contribution < 1.29 is 39.2 Å². The fourth-order valence-electron chi connectivity index (χ4n) is 4.94. The number of ether oxygens (including phenoxy) is 2. The van der Waals surface area contributed by atoms with Crippen molar-refractivity contribution in [2.45, 2.75) is 50.7 Å². The van der Waals surface area contributed by atoms with Crippen LogP contribution in [0, 0.1) is 5.92 Å². The molecule has 3 aliphatic carbocycles. The van der Waals surface area contributed by atoms with Gasteiger partial charge in [-0.2, -0.15) is 0 Å². The van der Waals surface area contributed by atoms with Crippen LogP contribution in [0.3, 0.4) is 0 Å². The highest BCUT2D eigenvalue weighted by molar-refractivity contribution is 6.31. The molecule has 1 saturated heterocycles. The predicted molar refractivity (Wildman–Crippen MR) is 103 cm³/mol. The molecule has 3 N–H and O–H groups in total. The van der Waals surface area contributed by atoms with Crippen LogP contribution < -0.4 is 5.11 Å². The van der Waals surface area contributed by atoms with Crippen molar-refractivity contribution in [3.05, 3.63) is 57.1 Å². The standard InChI is InChI=1S/C22H20N2O7/c1-7(2)21(29)30-19-14-12(18(28)20-22(19,3)31-20)11-13(15(14)24-23)17(27)10-8(16(11)26)5-4-6-9(10)25/h4-7,15,18-20,24-25,28H,1-3H3/t15?,18-,19+,20-,22+/m0/s1. The Kier molecular flexibility index (Phi) is 3.94. The van der Waals surface area contributed by atoms with Crippen LogP contribution in [0.25, 0.3) is 5.53 Å². The summed E-state index contributed by atoms with van der Waals surface area (Å²) in [4.78, 5) is 39.1. The van der Waals surface area contributed by atoms with Gasteiger partial charge in [0, 0.05) is 16.7 Å². The third kappa shape index (κ3) is 2.35. The van der Waals surface area contributed by atoms with Crippen LogP contribution >= 0.6 is 0 Å². The molecule has 5 rings (SSSR count). The number of hydrogen-bond acceptors (Lipinski definition) is 7. The van der Waals surface area contributed by atoms with Crippen molar-refractivity contribution >= 4 is 17.5 Å². The van der Waals surface area contributed by atoms with Crippen LogP contribution in [-0.4, -0.2) is 57.7 Å². The van der Waals surface area contributed by atoms with Gasteiger partial charge < -0.3 is 30.3 Å². The fraction of sp³-hybridized carbons (Fsp3) is 0.409. The first-order valence-electron chi connectivity index (χ1n) is 9.99. The Balaban J connectivity index is 1.71. The van der Waals surface area contributed by atoms with Crippen LogP contribution in [0.2, 0.25) is 0 Å². The first-order valence-corrected chi connectivity index (χ1v) is 9.99. The zero-order valence-corrected chi connectivity index (χ0v) is 17.0. The summed E-state index contributed by atoms with van der Waals surface area (Å²) in [7, 11) is 0. The minimum atomic E-state index is -1.26. The Morgan fingerprint density at radius 2 is 1.97 bits per heavy atom. The van der Waals surface area contributed by atoms with E-state index in [4.69, 9.17) is 9.47 Å². The van der Waals surface area contributed by atoms with E-state index in [0.29, 0.717) is 0 Å². The summed E-state index contributed by atoms with van der Waals surface area (Å²) >= 11 is 0. The average Bonchev–Trinajstić information content (AvgIpc) is 3.30. The lowest BCUT2D eigenvalue weighted by Crippen LogP contribution is -2.74. The number of carbonyl (C=O) groups is 3. The number of nitrogens with one attached hydrogen (secondary N) is 1. The van der Waals surface area contributed by atoms with Crippen molar-refractivity contribution in [2.24, 2.45) is 5.92 Å². The number of hydrogen-bond donors (Lipinski definition) is 3. The normalized spacial score (nSPS) is 33.1. The SMILES string of the molecule is CC(C)C(=O)O[C@@H]1C2=C(C3=C(C(=O)c4c(O)cccc4C3=O)C2[NH+]=[N-])[C@H](O)[C@@H]2O[C@]12C. The van der Waals surface area contributed by atoms with E-state index < -0.39 is 53.4 Å². The highest BCUT2D eigenvalue weighted by Crippen LogP contribution is 2.57. The third-order valence-corrected chi connectivity index (χ3v) is 6.54. The van der Waals surface area contributed by atoms with Crippen molar-refractivity contribution in [2.75, 3.05) is 0 Å². The van der Waals surface area contributed by atoms with Gasteiger partial charge in [0.2, 0.25) is 5.78 Å². The molecule has 1 unspecified atom stereocenters. The molecule has 0 radical (unpaired) electrons. The first-order chi connectivity index (χ1) is 14.6. The van der Waals surface area contributed by atoms with Crippen LogP contribution in [0.5, 0.6) is 5.75 Å². The lowest BCUT2D eigenvalue weighted by atomic mass is 9.77. The van der Waals surface area contributed by atoms with Crippen LogP contribution in [-0.2, 0) is 14.3 Å². The molecule has 4 aliphatic rings. The lowest BCUT2D eigenvalue weighted by Gasteiger charge is -2.31. The van der Waals surface area contributed by atoms with Gasteiger partial charge in [0.05, 0.1) is 22.6 Å². The number of aromatic hydroxyl groups is 1. The summed E-state index contributed by atoms with van der Waals surface area (Å²) in [6, 6.07) is 2.95. The highest BCUT2D eigenvalue weighted by atomic mass is 16.7. The Labute approximate surface area is 176 Å². The van der Waals surface area contributed by atoms with Crippen molar-refractivity contribution in [3.63, 3.8) is 0 Å². The molecule has 1 aromatic carbocycles. The van der Waals surface area contributed by atoms with E-state index in [-0.39, 0.29) is 39.2 Å². The number of Topliss-reactive ketones (excluding diaryl/α,β-unsaturated/α-hetero) is 2. The second-order valence-corrected chi connectivity index (χ2v) is 8.72. The number of ketones is 2. The molecule has 31 heavy (non-hydrogen) atoms. The largest absolute Gasteiger partial charge is 0.508 e. The van der Waals surface area contributed by atoms with Gasteiger partial charge in [0.15, 0.2) is 17.9 Å². The number of rotatable bonds is 3. The van der Waals surface area contributed by atoms with E-state index in [1.807, 2.05) is 5.11 Å². The maximum absolute atomic E-state index is 13.4. The zero-order valence-electron chi connectivity index (χ0n) is 17.0. The molecular weight excluding hydrogens is 404 g/mol. The van der Waals surface area contributed by atoms with E-state index in [2.05, 4.69) is 0 Å². The number of phenolic OH excluding ortho intramolecular Hbond substituents is 1. The van der Waals surface area contributed by atoms with Gasteiger partial charge in [-0.25, -0.2) is 0 Å². The quantitative estimate of drug-likeness (QED) is 0.350. The van der Waals surface area contributed by atoms with Crippen molar-refractivity contribution in [3.8, 4) is 5.75 Å². The first kappa shape index (κ1) is 19.8. The molecule has 5 atom stereocenters. The van der Waals surface area contributed by atoms with Gasteiger partial charge in [-0.15, -0.1) is 0 Å². The Bertz CT molecular complexity index is 1160. The number of benzene rings is 1. The molecular formula is C22H20N2O7. The third-order valence-electron chi connectivity index (χ3n) is 6.54. The van der Waals surface area contributed by atoms with Crippen molar-refractivity contribution in [1.29, 1.82) is 0 Å². The summed E-state index contributed by atoms with van der Waals surface area (Å²) in [6.45, 7) is 4.99. The number of aliphatic hydroxyl groups excluding tert-OH is 1. The number of aliphatic hydroxyl groups is 1. The predicted octanol–water partition coefficient (Wildman–Crippen LogP) is -0.0514. The van der Waals surface area contributed by atoms with Gasteiger partial charge in [0.1, 0.15) is 23.6 Å². The number of esters is 1. The van der Waals surface area contributed by atoms with E-state index in [9.17, 15) is 30.1 Å². The summed E-state index contributed by atoms with van der Waals surface area (Å²) in [6.07, 6.45) is -3.03. The van der Waals surface area contributed by atoms with Crippen molar-refractivity contribution in [1.82, 2.24) is 0 Å². The minimum absolute atomic E-state index is 0.00201. The molecule has 0 amide bonds. The summed E-state index contributed by atoms with van der Waals surface area (Å²) in [5.41, 5.74) is 8.94. The number of phenols is 1. The number of carbonyl (C=O) groups excluding carboxylic acids is 3. The monoisotopic (exact) mass is 424 g/mol. The molecule has 1 aromatic rings. The maximum Gasteiger partial charge on any atom is 0.309 e. The van der Waals surface area contributed by atoms with Gasteiger partial charge in [-0.1, -0.05) is 26.0 Å². The molecule has 0 saturated carbocycles. The highest BCUT2D eigenvalue weighted by Gasteiger charge is 2.71. The maximum atomic E-state index is 13.4. The van der Waals surface area contributed by atoms with Gasteiger partial charge in [0.25, 0.3) is 0 Å².